The standard InChI is InChI=1S/C18H18N4O/c1-12(2)7-17-20-9-14-10-22(11-16(14)21-17)18(23)15-6-4-3-5-13(15)8-19/h3-6,9,12H,7,10-11H2,1-2H3. The Labute approximate surface area is 135 Å². The van der Waals surface area contributed by atoms with E-state index in [4.69, 9.17) is 5.26 Å². The number of aromatic nitrogens is 2. The van der Waals surface area contributed by atoms with E-state index in [-0.39, 0.29) is 5.91 Å². The molecule has 1 aliphatic rings. The fourth-order valence-electron chi connectivity index (χ4n) is 2.74. The Morgan fingerprint density at radius 1 is 1.35 bits per heavy atom. The van der Waals surface area contributed by atoms with Crippen molar-refractivity contribution < 1.29 is 4.79 Å². The van der Waals surface area contributed by atoms with E-state index in [0.717, 1.165) is 23.5 Å². The Hall–Kier alpha value is -2.74. The van der Waals surface area contributed by atoms with Crippen molar-refractivity contribution in [3.05, 3.63) is 58.7 Å². The molecule has 0 bridgehead atoms. The molecule has 0 N–H and O–H groups in total. The third kappa shape index (κ3) is 3.07. The van der Waals surface area contributed by atoms with Crippen LogP contribution in [0.4, 0.5) is 0 Å². The molecule has 1 aliphatic heterocycles. The zero-order chi connectivity index (χ0) is 16.4. The van der Waals surface area contributed by atoms with Gasteiger partial charge in [0, 0.05) is 24.7 Å². The lowest BCUT2D eigenvalue weighted by Crippen LogP contribution is -2.26. The smallest absolute Gasteiger partial charge is 0.255 e. The summed E-state index contributed by atoms with van der Waals surface area (Å²) in [7, 11) is 0. The molecule has 0 saturated heterocycles. The van der Waals surface area contributed by atoms with Gasteiger partial charge in [0.2, 0.25) is 0 Å². The van der Waals surface area contributed by atoms with Gasteiger partial charge in [-0.2, -0.15) is 5.26 Å². The summed E-state index contributed by atoms with van der Waals surface area (Å²) in [6.07, 6.45) is 2.65. The van der Waals surface area contributed by atoms with Crippen molar-refractivity contribution in [3.63, 3.8) is 0 Å². The monoisotopic (exact) mass is 306 g/mol. The van der Waals surface area contributed by atoms with E-state index in [9.17, 15) is 4.79 Å². The lowest BCUT2D eigenvalue weighted by atomic mass is 10.1. The van der Waals surface area contributed by atoms with Gasteiger partial charge in [0.05, 0.1) is 29.4 Å². The van der Waals surface area contributed by atoms with Gasteiger partial charge in [-0.25, -0.2) is 9.97 Å². The normalized spacial score (nSPS) is 13.0. The number of hydrogen-bond donors (Lipinski definition) is 0. The van der Waals surface area contributed by atoms with Crippen molar-refractivity contribution in [2.24, 2.45) is 5.92 Å². The third-order valence-corrected chi connectivity index (χ3v) is 3.86. The first-order chi connectivity index (χ1) is 11.1. The second-order valence-corrected chi connectivity index (χ2v) is 6.17. The maximum absolute atomic E-state index is 12.7. The summed E-state index contributed by atoms with van der Waals surface area (Å²) in [5, 5.41) is 9.16. The van der Waals surface area contributed by atoms with Crippen LogP contribution in [-0.4, -0.2) is 20.8 Å². The Bertz CT molecular complexity index is 792. The molecule has 0 spiro atoms. The first-order valence-corrected chi connectivity index (χ1v) is 7.70. The molecule has 5 heteroatoms. The van der Waals surface area contributed by atoms with Crippen LogP contribution in [0.3, 0.4) is 0 Å². The average molecular weight is 306 g/mol. The number of carbonyl (C=O) groups excluding carboxylic acids is 1. The van der Waals surface area contributed by atoms with Crippen molar-refractivity contribution in [1.82, 2.24) is 14.9 Å². The van der Waals surface area contributed by atoms with Crippen molar-refractivity contribution in [2.45, 2.75) is 33.4 Å². The third-order valence-electron chi connectivity index (χ3n) is 3.86. The summed E-state index contributed by atoms with van der Waals surface area (Å²) in [5.41, 5.74) is 2.75. The van der Waals surface area contributed by atoms with E-state index in [1.165, 1.54) is 0 Å². The number of rotatable bonds is 3. The summed E-state index contributed by atoms with van der Waals surface area (Å²) in [5.74, 6) is 1.19. The number of nitriles is 1. The van der Waals surface area contributed by atoms with Crippen LogP contribution in [0.1, 0.15) is 46.9 Å². The summed E-state index contributed by atoms with van der Waals surface area (Å²) in [6, 6.07) is 8.97. The SMILES string of the molecule is CC(C)Cc1ncc2c(n1)CN(C(=O)c1ccccc1C#N)C2. The second kappa shape index (κ2) is 6.17. The molecule has 2 heterocycles. The van der Waals surface area contributed by atoms with Gasteiger partial charge >= 0.3 is 0 Å². The minimum Gasteiger partial charge on any atom is -0.328 e. The Balaban J connectivity index is 1.82. The number of fused-ring (bicyclic) bond motifs is 1. The van der Waals surface area contributed by atoms with Crippen LogP contribution < -0.4 is 0 Å². The Morgan fingerprint density at radius 2 is 2.13 bits per heavy atom. The molecule has 116 valence electrons. The lowest BCUT2D eigenvalue weighted by molar-refractivity contribution is 0.0750. The van der Waals surface area contributed by atoms with Crippen LogP contribution >= 0.6 is 0 Å². The molecule has 0 aliphatic carbocycles. The van der Waals surface area contributed by atoms with E-state index in [0.29, 0.717) is 30.1 Å². The van der Waals surface area contributed by atoms with Crippen LogP contribution in [0.2, 0.25) is 0 Å². The topological polar surface area (TPSA) is 69.9 Å². The highest BCUT2D eigenvalue weighted by Gasteiger charge is 2.27. The summed E-state index contributed by atoms with van der Waals surface area (Å²) in [4.78, 5) is 23.4. The summed E-state index contributed by atoms with van der Waals surface area (Å²) >= 11 is 0. The highest BCUT2D eigenvalue weighted by atomic mass is 16.2. The van der Waals surface area contributed by atoms with Crippen LogP contribution in [0.15, 0.2) is 30.5 Å². The maximum atomic E-state index is 12.7. The molecule has 1 aromatic carbocycles. The predicted molar refractivity (Wildman–Crippen MR) is 85.3 cm³/mol. The van der Waals surface area contributed by atoms with Gasteiger partial charge in [0.1, 0.15) is 5.82 Å². The fraction of sp³-hybridized carbons (Fsp3) is 0.333. The highest BCUT2D eigenvalue weighted by Crippen LogP contribution is 2.23. The predicted octanol–water partition coefficient (Wildman–Crippen LogP) is 2.70. The molecular weight excluding hydrogens is 288 g/mol. The fourth-order valence-corrected chi connectivity index (χ4v) is 2.74. The Morgan fingerprint density at radius 3 is 2.87 bits per heavy atom. The van der Waals surface area contributed by atoms with Crippen LogP contribution in [0.25, 0.3) is 0 Å². The molecule has 1 amide bonds. The number of amides is 1. The highest BCUT2D eigenvalue weighted by molar-refractivity contribution is 5.96. The number of nitrogens with zero attached hydrogens (tertiary/aromatic N) is 4. The van der Waals surface area contributed by atoms with Crippen LogP contribution in [0, 0.1) is 17.2 Å². The largest absolute Gasteiger partial charge is 0.328 e. The molecule has 3 rings (SSSR count). The summed E-state index contributed by atoms with van der Waals surface area (Å²) < 4.78 is 0. The molecule has 0 fully saturated rings. The van der Waals surface area contributed by atoms with Crippen LogP contribution in [-0.2, 0) is 19.5 Å². The molecule has 0 atom stereocenters. The molecule has 1 aromatic heterocycles. The molecular formula is C18H18N4O. The zero-order valence-corrected chi connectivity index (χ0v) is 13.3. The molecule has 5 nitrogen and oxygen atoms in total. The first kappa shape index (κ1) is 15.2. The van der Waals surface area contributed by atoms with Gasteiger partial charge in [-0.05, 0) is 18.1 Å². The van der Waals surface area contributed by atoms with E-state index in [1.807, 2.05) is 6.20 Å². The summed E-state index contributed by atoms with van der Waals surface area (Å²) in [6.45, 7) is 5.23. The lowest BCUT2D eigenvalue weighted by Gasteiger charge is -2.15. The number of carbonyl (C=O) groups is 1. The van der Waals surface area contributed by atoms with Gasteiger partial charge in [-0.3, -0.25) is 4.79 Å². The first-order valence-electron chi connectivity index (χ1n) is 7.70. The minimum atomic E-state index is -0.134. The molecule has 0 unspecified atom stereocenters. The molecule has 2 aromatic rings. The van der Waals surface area contributed by atoms with Crippen molar-refractivity contribution >= 4 is 5.91 Å². The van der Waals surface area contributed by atoms with Gasteiger partial charge in [-0.1, -0.05) is 26.0 Å². The number of hydrogen-bond acceptors (Lipinski definition) is 4. The molecule has 0 radical (unpaired) electrons. The van der Waals surface area contributed by atoms with Gasteiger partial charge < -0.3 is 4.90 Å². The average Bonchev–Trinajstić information content (AvgIpc) is 2.96. The van der Waals surface area contributed by atoms with Gasteiger partial charge in [0.15, 0.2) is 0 Å². The van der Waals surface area contributed by atoms with Crippen LogP contribution in [0.5, 0.6) is 0 Å². The van der Waals surface area contributed by atoms with E-state index < -0.39 is 0 Å². The van der Waals surface area contributed by atoms with Gasteiger partial charge in [-0.15, -0.1) is 0 Å². The zero-order valence-electron chi connectivity index (χ0n) is 13.3. The molecule has 23 heavy (non-hydrogen) atoms. The Kier molecular flexibility index (Phi) is 4.07. The number of benzene rings is 1. The second-order valence-electron chi connectivity index (χ2n) is 6.17. The van der Waals surface area contributed by atoms with E-state index >= 15 is 0 Å². The minimum absolute atomic E-state index is 0.134. The molecule has 0 saturated carbocycles. The van der Waals surface area contributed by atoms with Gasteiger partial charge in [0.25, 0.3) is 5.91 Å². The van der Waals surface area contributed by atoms with Crippen molar-refractivity contribution in [2.75, 3.05) is 0 Å². The van der Waals surface area contributed by atoms with Crippen molar-refractivity contribution in [1.29, 1.82) is 5.26 Å². The van der Waals surface area contributed by atoms with E-state index in [2.05, 4.69) is 29.9 Å². The quantitative estimate of drug-likeness (QED) is 0.874. The van der Waals surface area contributed by atoms with E-state index in [1.54, 1.807) is 29.2 Å². The maximum Gasteiger partial charge on any atom is 0.255 e. The van der Waals surface area contributed by atoms with Crippen molar-refractivity contribution in [3.8, 4) is 6.07 Å².